The lowest BCUT2D eigenvalue weighted by atomic mass is 10.1. The molecule has 19 heavy (non-hydrogen) atoms. The maximum absolute atomic E-state index is 6.24. The average molecular weight is 410 g/mol. The highest BCUT2D eigenvalue weighted by Gasteiger charge is 2.22. The molecule has 0 aliphatic rings. The molecule has 0 bridgehead atoms. The molecule has 102 valence electrons. The van der Waals surface area contributed by atoms with Crippen molar-refractivity contribution in [2.45, 2.75) is 4.83 Å². The van der Waals surface area contributed by atoms with Gasteiger partial charge in [-0.25, -0.2) is 0 Å². The molecule has 0 N–H and O–H groups in total. The monoisotopic (exact) mass is 408 g/mol. The molecule has 0 aliphatic carbocycles. The maximum Gasteiger partial charge on any atom is 0.169 e. The molecule has 0 fully saturated rings. The van der Waals surface area contributed by atoms with Crippen LogP contribution in [0.1, 0.15) is 16.2 Å². The molecule has 1 aromatic carbocycles. The predicted molar refractivity (Wildman–Crippen MR) is 81.7 cm³/mol. The van der Waals surface area contributed by atoms with Crippen molar-refractivity contribution >= 4 is 43.5 Å². The Kier molecular flexibility index (Phi) is 4.81. The number of hydrogen-bond donors (Lipinski definition) is 0. The van der Waals surface area contributed by atoms with E-state index >= 15 is 0 Å². The van der Waals surface area contributed by atoms with Gasteiger partial charge in [0.05, 0.1) is 14.2 Å². The number of alkyl halides is 1. The van der Waals surface area contributed by atoms with E-state index in [0.717, 1.165) is 11.3 Å². The molecule has 1 atom stereocenters. The molecule has 6 heteroatoms. The van der Waals surface area contributed by atoms with Crippen molar-refractivity contribution in [3.05, 3.63) is 45.3 Å². The second kappa shape index (κ2) is 6.20. The van der Waals surface area contributed by atoms with E-state index in [1.54, 1.807) is 20.3 Å². The molecule has 0 saturated carbocycles. The Hall–Kier alpha value is -0.650. The van der Waals surface area contributed by atoms with Crippen molar-refractivity contribution in [3.8, 4) is 11.5 Å². The van der Waals surface area contributed by atoms with Crippen LogP contribution >= 0.6 is 43.5 Å². The minimum atomic E-state index is -0.155. The van der Waals surface area contributed by atoms with E-state index in [4.69, 9.17) is 25.5 Å². The quantitative estimate of drug-likeness (QED) is 0.650. The highest BCUT2D eigenvalue weighted by atomic mass is 79.9. The molecule has 0 saturated heterocycles. The summed E-state index contributed by atoms with van der Waals surface area (Å²) in [4.78, 5) is -0.155. The van der Waals surface area contributed by atoms with E-state index in [9.17, 15) is 0 Å². The van der Waals surface area contributed by atoms with Crippen molar-refractivity contribution < 1.29 is 13.9 Å². The maximum atomic E-state index is 6.24. The lowest BCUT2D eigenvalue weighted by molar-refractivity contribution is 0.390. The Labute approximate surface area is 133 Å². The van der Waals surface area contributed by atoms with Crippen molar-refractivity contribution in [2.75, 3.05) is 14.2 Å². The Morgan fingerprint density at radius 1 is 1.16 bits per heavy atom. The molecular weight excluding hydrogens is 399 g/mol. The molecule has 0 spiro atoms. The molecule has 2 rings (SSSR count). The van der Waals surface area contributed by atoms with Crippen LogP contribution < -0.4 is 9.47 Å². The highest BCUT2D eigenvalue weighted by molar-refractivity contribution is 9.10. The van der Waals surface area contributed by atoms with E-state index < -0.39 is 0 Å². The highest BCUT2D eigenvalue weighted by Crippen LogP contribution is 2.44. The molecule has 0 radical (unpaired) electrons. The number of halogens is 3. The number of benzene rings is 1. The number of methoxy groups -OCH3 is 2. The molecule has 1 aromatic heterocycles. The van der Waals surface area contributed by atoms with Gasteiger partial charge in [-0.15, -0.1) is 0 Å². The largest absolute Gasteiger partial charge is 0.495 e. The van der Waals surface area contributed by atoms with E-state index in [1.165, 1.54) is 0 Å². The van der Waals surface area contributed by atoms with Crippen molar-refractivity contribution in [2.24, 2.45) is 0 Å². The smallest absolute Gasteiger partial charge is 0.169 e. The first-order valence-corrected chi connectivity index (χ1v) is 7.46. The van der Waals surface area contributed by atoms with Gasteiger partial charge in [0.25, 0.3) is 0 Å². The van der Waals surface area contributed by atoms with Gasteiger partial charge in [0.2, 0.25) is 0 Å². The molecule has 3 nitrogen and oxygen atoms in total. The molecule has 0 aliphatic heterocycles. The van der Waals surface area contributed by atoms with Gasteiger partial charge in [-0.05, 0) is 40.2 Å². The van der Waals surface area contributed by atoms with Crippen LogP contribution in [0.4, 0.5) is 0 Å². The average Bonchev–Trinajstić information content (AvgIpc) is 2.84. The zero-order chi connectivity index (χ0) is 14.0. The Morgan fingerprint density at radius 2 is 1.89 bits per heavy atom. The number of rotatable bonds is 4. The third kappa shape index (κ3) is 2.93. The second-order valence-corrected chi connectivity index (χ2v) is 5.78. The summed E-state index contributed by atoms with van der Waals surface area (Å²) < 4.78 is 16.8. The zero-order valence-corrected chi connectivity index (χ0v) is 14.2. The van der Waals surface area contributed by atoms with Gasteiger partial charge in [-0.2, -0.15) is 0 Å². The predicted octanol–water partition coefficient (Wildman–Crippen LogP) is 5.20. The Morgan fingerprint density at radius 3 is 2.42 bits per heavy atom. The summed E-state index contributed by atoms with van der Waals surface area (Å²) in [7, 11) is 3.14. The lowest BCUT2D eigenvalue weighted by Crippen LogP contribution is -1.98. The van der Waals surface area contributed by atoms with Crippen LogP contribution in [0.3, 0.4) is 0 Å². The topological polar surface area (TPSA) is 31.6 Å². The molecular formula is C13H11Br2ClO3. The van der Waals surface area contributed by atoms with E-state index in [2.05, 4.69) is 31.9 Å². The van der Waals surface area contributed by atoms with Crippen molar-refractivity contribution in [1.82, 2.24) is 0 Å². The zero-order valence-electron chi connectivity index (χ0n) is 10.2. The standard InChI is InChI=1S/C13H11Br2ClO3/c1-17-9-4-3-7(13(18-2)12(9)16)11(15)8-5-6-10(14)19-8/h3-6,11H,1-2H3. The molecule has 1 heterocycles. The minimum absolute atomic E-state index is 0.155. The van der Waals surface area contributed by atoms with E-state index in [1.807, 2.05) is 18.2 Å². The number of furan rings is 1. The van der Waals surface area contributed by atoms with Gasteiger partial charge >= 0.3 is 0 Å². The SMILES string of the molecule is COc1ccc(C(Br)c2ccc(Br)o2)c(OC)c1Cl. The number of hydrogen-bond acceptors (Lipinski definition) is 3. The summed E-state index contributed by atoms with van der Waals surface area (Å²) in [6.45, 7) is 0. The summed E-state index contributed by atoms with van der Waals surface area (Å²) in [5, 5.41) is 0.442. The fourth-order valence-corrected chi connectivity index (χ4v) is 2.99. The Balaban J connectivity index is 2.47. The summed E-state index contributed by atoms with van der Waals surface area (Å²) >= 11 is 13.1. The van der Waals surface area contributed by atoms with Crippen LogP contribution in [-0.4, -0.2) is 14.2 Å². The van der Waals surface area contributed by atoms with Gasteiger partial charge in [-0.1, -0.05) is 27.5 Å². The molecule has 2 aromatic rings. The minimum Gasteiger partial charge on any atom is -0.495 e. The third-order valence-corrected chi connectivity index (χ3v) is 4.36. The van der Waals surface area contributed by atoms with Crippen LogP contribution in [0.25, 0.3) is 0 Å². The van der Waals surface area contributed by atoms with Gasteiger partial charge < -0.3 is 13.9 Å². The first kappa shape index (κ1) is 14.8. The summed E-state index contributed by atoms with van der Waals surface area (Å²) in [6.07, 6.45) is 0. The van der Waals surface area contributed by atoms with Crippen LogP contribution in [0.15, 0.2) is 33.4 Å². The fraction of sp³-hybridized carbons (Fsp3) is 0.231. The number of ether oxygens (including phenoxy) is 2. The molecule has 0 amide bonds. The van der Waals surface area contributed by atoms with Gasteiger partial charge in [0.1, 0.15) is 27.1 Å². The second-order valence-electron chi connectivity index (χ2n) is 3.71. The van der Waals surface area contributed by atoms with Crippen LogP contribution in [0.5, 0.6) is 11.5 Å². The summed E-state index contributed by atoms with van der Waals surface area (Å²) in [6, 6.07) is 7.40. The van der Waals surface area contributed by atoms with Crippen LogP contribution in [-0.2, 0) is 0 Å². The van der Waals surface area contributed by atoms with Crippen molar-refractivity contribution in [1.29, 1.82) is 0 Å². The van der Waals surface area contributed by atoms with Gasteiger partial charge in [0, 0.05) is 5.56 Å². The summed E-state index contributed by atoms with van der Waals surface area (Å²) in [5.41, 5.74) is 0.871. The normalized spacial score (nSPS) is 12.3. The van der Waals surface area contributed by atoms with E-state index in [-0.39, 0.29) is 4.83 Å². The fourth-order valence-electron chi connectivity index (χ4n) is 1.74. The first-order chi connectivity index (χ1) is 9.08. The van der Waals surface area contributed by atoms with E-state index in [0.29, 0.717) is 21.2 Å². The van der Waals surface area contributed by atoms with Crippen molar-refractivity contribution in [3.63, 3.8) is 0 Å². The van der Waals surface area contributed by atoms with Crippen LogP contribution in [0.2, 0.25) is 5.02 Å². The third-order valence-electron chi connectivity index (χ3n) is 2.63. The molecule has 1 unspecified atom stereocenters. The first-order valence-electron chi connectivity index (χ1n) is 5.38. The summed E-state index contributed by atoms with van der Waals surface area (Å²) in [5.74, 6) is 1.89. The van der Waals surface area contributed by atoms with Gasteiger partial charge in [-0.3, -0.25) is 0 Å². The Bertz CT molecular complexity index is 583. The van der Waals surface area contributed by atoms with Gasteiger partial charge in [0.15, 0.2) is 4.67 Å². The lowest BCUT2D eigenvalue weighted by Gasteiger charge is -2.15. The van der Waals surface area contributed by atoms with Crippen LogP contribution in [0, 0.1) is 0 Å².